The van der Waals surface area contributed by atoms with Crippen LogP contribution in [-0.4, -0.2) is 55.7 Å². The highest BCUT2D eigenvalue weighted by molar-refractivity contribution is 6.08. The summed E-state index contributed by atoms with van der Waals surface area (Å²) in [6.07, 6.45) is 6.92. The van der Waals surface area contributed by atoms with Gasteiger partial charge < -0.3 is 10.7 Å². The molecule has 0 fully saturated rings. The standard InChI is InChI=1S/C23H30N8O/c1-5-9-31(23(25)32)21(24)20-19(29-22(30-20)18-12-27-28-13-18)16-7-8-17(14(3)10-16)11-26-15(4)6-2/h7-8,10-13,15,24H,5-6,9H2,1-4H3,(H2,25,32)(H,27,28)(H,29,30). The van der Waals surface area contributed by atoms with Crippen LogP contribution in [0, 0.1) is 12.3 Å². The molecule has 2 heterocycles. The Morgan fingerprint density at radius 1 is 1.34 bits per heavy atom. The molecule has 1 aromatic carbocycles. The first-order valence-corrected chi connectivity index (χ1v) is 10.7. The topological polar surface area (TPSA) is 140 Å². The summed E-state index contributed by atoms with van der Waals surface area (Å²) in [5.74, 6) is 0.533. The number of carbonyl (C=O) groups excluding carboxylic acids is 1. The number of aromatic nitrogens is 4. The molecule has 9 nitrogen and oxygen atoms in total. The molecule has 0 aliphatic carbocycles. The van der Waals surface area contributed by atoms with Crippen LogP contribution in [0.25, 0.3) is 22.6 Å². The summed E-state index contributed by atoms with van der Waals surface area (Å²) >= 11 is 0. The average Bonchev–Trinajstić information content (AvgIpc) is 3.45. The summed E-state index contributed by atoms with van der Waals surface area (Å²) in [4.78, 5) is 25.7. The van der Waals surface area contributed by atoms with E-state index in [0.717, 1.165) is 28.7 Å². The lowest BCUT2D eigenvalue weighted by Crippen LogP contribution is -2.41. The summed E-state index contributed by atoms with van der Waals surface area (Å²) in [7, 11) is 0. The molecule has 2 aromatic heterocycles. The van der Waals surface area contributed by atoms with Crippen LogP contribution in [0.4, 0.5) is 4.79 Å². The van der Waals surface area contributed by atoms with E-state index in [0.29, 0.717) is 30.2 Å². The second-order valence-corrected chi connectivity index (χ2v) is 7.74. The van der Waals surface area contributed by atoms with Gasteiger partial charge in [-0.1, -0.05) is 26.0 Å². The molecule has 0 saturated carbocycles. The molecule has 0 saturated heterocycles. The Morgan fingerprint density at radius 3 is 2.72 bits per heavy atom. The van der Waals surface area contributed by atoms with Crippen molar-refractivity contribution in [3.63, 3.8) is 0 Å². The quantitative estimate of drug-likeness (QED) is 0.313. The number of aromatic amines is 2. The number of amidine groups is 1. The van der Waals surface area contributed by atoms with E-state index in [-0.39, 0.29) is 11.9 Å². The smallest absolute Gasteiger partial charge is 0.320 e. The maximum Gasteiger partial charge on any atom is 0.320 e. The third-order valence-electron chi connectivity index (χ3n) is 5.30. The highest BCUT2D eigenvalue weighted by Gasteiger charge is 2.24. The van der Waals surface area contributed by atoms with Crippen LogP contribution in [0.3, 0.4) is 0 Å². The number of hydrogen-bond donors (Lipinski definition) is 4. The Bertz CT molecular complexity index is 1110. The lowest BCUT2D eigenvalue weighted by atomic mass is 10.0. The first-order valence-electron chi connectivity index (χ1n) is 10.7. The zero-order chi connectivity index (χ0) is 23.3. The summed E-state index contributed by atoms with van der Waals surface area (Å²) < 4.78 is 0. The lowest BCUT2D eigenvalue weighted by Gasteiger charge is -2.20. The molecule has 0 spiro atoms. The Kier molecular flexibility index (Phi) is 7.19. The number of nitrogens with zero attached hydrogens (tertiary/aromatic N) is 4. The van der Waals surface area contributed by atoms with Gasteiger partial charge in [0.2, 0.25) is 0 Å². The van der Waals surface area contributed by atoms with Gasteiger partial charge in [0.15, 0.2) is 5.84 Å². The van der Waals surface area contributed by atoms with Gasteiger partial charge in [-0.25, -0.2) is 9.78 Å². The molecule has 0 aliphatic rings. The molecule has 32 heavy (non-hydrogen) atoms. The fourth-order valence-electron chi connectivity index (χ4n) is 3.24. The molecule has 168 valence electrons. The number of carbonyl (C=O) groups is 1. The molecular formula is C23H30N8O. The Balaban J connectivity index is 2.07. The van der Waals surface area contributed by atoms with Crippen LogP contribution in [-0.2, 0) is 0 Å². The number of nitrogens with one attached hydrogen (secondary N) is 3. The van der Waals surface area contributed by atoms with E-state index in [2.05, 4.69) is 34.0 Å². The van der Waals surface area contributed by atoms with E-state index in [1.165, 1.54) is 4.90 Å². The van der Waals surface area contributed by atoms with E-state index < -0.39 is 6.03 Å². The van der Waals surface area contributed by atoms with Gasteiger partial charge in [0.05, 0.1) is 11.8 Å². The van der Waals surface area contributed by atoms with Crippen molar-refractivity contribution in [3.8, 4) is 22.6 Å². The minimum Gasteiger partial charge on any atom is -0.351 e. The van der Waals surface area contributed by atoms with E-state index >= 15 is 0 Å². The third-order valence-corrected chi connectivity index (χ3v) is 5.30. The molecule has 1 unspecified atom stereocenters. The second-order valence-electron chi connectivity index (χ2n) is 7.74. The molecule has 0 bridgehead atoms. The molecule has 1 atom stereocenters. The number of aliphatic imine (C=N–C) groups is 1. The van der Waals surface area contributed by atoms with Gasteiger partial charge in [-0.15, -0.1) is 0 Å². The number of amides is 2. The summed E-state index contributed by atoms with van der Waals surface area (Å²) in [5, 5.41) is 15.4. The monoisotopic (exact) mass is 434 g/mol. The first kappa shape index (κ1) is 22.9. The van der Waals surface area contributed by atoms with E-state index in [1.807, 2.05) is 38.3 Å². The Hall–Kier alpha value is -3.75. The SMILES string of the molecule is CCCN(C(=N)c1[nH]c(-c2cn[nH]c2)nc1-c1ccc(C=NC(C)CC)c(C)c1)C(N)=O. The van der Waals surface area contributed by atoms with Crippen molar-refractivity contribution >= 4 is 18.1 Å². The van der Waals surface area contributed by atoms with Crippen LogP contribution in [0.1, 0.15) is 50.4 Å². The van der Waals surface area contributed by atoms with Crippen molar-refractivity contribution in [2.45, 2.75) is 46.6 Å². The highest BCUT2D eigenvalue weighted by atomic mass is 16.2. The Morgan fingerprint density at radius 2 is 2.12 bits per heavy atom. The van der Waals surface area contributed by atoms with E-state index in [4.69, 9.17) is 16.1 Å². The Labute approximate surface area is 187 Å². The summed E-state index contributed by atoms with van der Waals surface area (Å²) in [5.41, 5.74) is 10.2. The van der Waals surface area contributed by atoms with Crippen LogP contribution in [0.5, 0.6) is 0 Å². The van der Waals surface area contributed by atoms with Crippen molar-refractivity contribution in [1.82, 2.24) is 25.1 Å². The van der Waals surface area contributed by atoms with Crippen LogP contribution < -0.4 is 5.73 Å². The number of aryl methyl sites for hydroxylation is 1. The zero-order valence-electron chi connectivity index (χ0n) is 18.9. The number of H-pyrrole nitrogens is 2. The fourth-order valence-corrected chi connectivity index (χ4v) is 3.24. The maximum absolute atomic E-state index is 12.0. The van der Waals surface area contributed by atoms with Crippen molar-refractivity contribution in [3.05, 3.63) is 47.4 Å². The molecule has 9 heteroatoms. The predicted molar refractivity (Wildman–Crippen MR) is 127 cm³/mol. The van der Waals surface area contributed by atoms with Crippen molar-refractivity contribution in [2.75, 3.05) is 6.54 Å². The molecule has 5 N–H and O–H groups in total. The number of urea groups is 1. The number of imidazole rings is 1. The number of hydrogen-bond acceptors (Lipinski definition) is 5. The molecule has 0 radical (unpaired) electrons. The van der Waals surface area contributed by atoms with Gasteiger partial charge in [-0.2, -0.15) is 5.10 Å². The van der Waals surface area contributed by atoms with Crippen molar-refractivity contribution < 1.29 is 4.79 Å². The lowest BCUT2D eigenvalue weighted by molar-refractivity contribution is 0.229. The number of benzene rings is 1. The van der Waals surface area contributed by atoms with Crippen molar-refractivity contribution in [2.24, 2.45) is 10.7 Å². The molecule has 0 aliphatic heterocycles. The van der Waals surface area contributed by atoms with Gasteiger partial charge in [0, 0.05) is 30.6 Å². The number of rotatable bonds is 8. The van der Waals surface area contributed by atoms with E-state index in [1.54, 1.807) is 12.4 Å². The summed E-state index contributed by atoms with van der Waals surface area (Å²) in [6, 6.07) is 5.55. The highest BCUT2D eigenvalue weighted by Crippen LogP contribution is 2.28. The van der Waals surface area contributed by atoms with Crippen LogP contribution in [0.2, 0.25) is 0 Å². The third kappa shape index (κ3) is 4.93. The zero-order valence-corrected chi connectivity index (χ0v) is 18.9. The minimum atomic E-state index is -0.671. The number of nitrogens with two attached hydrogens (primary N) is 1. The largest absolute Gasteiger partial charge is 0.351 e. The predicted octanol–water partition coefficient (Wildman–Crippen LogP) is 4.11. The van der Waals surface area contributed by atoms with E-state index in [9.17, 15) is 4.79 Å². The van der Waals surface area contributed by atoms with Crippen LogP contribution >= 0.6 is 0 Å². The maximum atomic E-state index is 12.0. The van der Waals surface area contributed by atoms with Gasteiger partial charge >= 0.3 is 6.03 Å². The minimum absolute atomic E-state index is 0.0170. The molecule has 3 rings (SSSR count). The fraction of sp³-hybridized carbons (Fsp3) is 0.348. The summed E-state index contributed by atoms with van der Waals surface area (Å²) in [6.45, 7) is 8.48. The van der Waals surface area contributed by atoms with Gasteiger partial charge in [-0.05, 0) is 43.9 Å². The average molecular weight is 435 g/mol. The van der Waals surface area contributed by atoms with Gasteiger partial charge in [-0.3, -0.25) is 20.4 Å². The van der Waals surface area contributed by atoms with Crippen LogP contribution in [0.15, 0.2) is 35.6 Å². The molecular weight excluding hydrogens is 404 g/mol. The molecule has 3 aromatic rings. The van der Waals surface area contributed by atoms with Gasteiger partial charge in [0.1, 0.15) is 17.2 Å². The van der Waals surface area contributed by atoms with Gasteiger partial charge in [0.25, 0.3) is 0 Å². The number of primary amides is 1. The second kappa shape index (κ2) is 10.0. The van der Waals surface area contributed by atoms with Crippen molar-refractivity contribution in [1.29, 1.82) is 5.41 Å². The normalized spacial score (nSPS) is 12.2. The molecule has 2 amide bonds. The first-order chi connectivity index (χ1) is 15.3.